The Hall–Kier alpha value is -2.28. The fourth-order valence-corrected chi connectivity index (χ4v) is 2.41. The third-order valence-electron chi connectivity index (χ3n) is 3.65. The number of rotatable bonds is 3. The third kappa shape index (κ3) is 3.67. The highest BCUT2D eigenvalue weighted by atomic mass is 14.7. The second-order valence-corrected chi connectivity index (χ2v) is 5.45. The highest BCUT2D eigenvalue weighted by Gasteiger charge is 2.06. The summed E-state index contributed by atoms with van der Waals surface area (Å²) in [5, 5.41) is 0. The summed E-state index contributed by atoms with van der Waals surface area (Å²) in [4.78, 5) is 3.38. The average molecular weight is 291 g/mol. The maximum absolute atomic E-state index is 3.38. The first-order chi connectivity index (χ1) is 10.7. The molecule has 1 aromatic heterocycles. The first-order valence-corrected chi connectivity index (χ1v) is 8.08. The molecule has 0 radical (unpaired) electrons. The fourth-order valence-electron chi connectivity index (χ4n) is 2.41. The van der Waals surface area contributed by atoms with E-state index in [2.05, 4.69) is 79.6 Å². The Morgan fingerprint density at radius 3 is 2.00 bits per heavy atom. The van der Waals surface area contributed by atoms with Crippen LogP contribution >= 0.6 is 0 Å². The van der Waals surface area contributed by atoms with Crippen molar-refractivity contribution in [3.63, 3.8) is 0 Å². The molecule has 1 heteroatoms. The lowest BCUT2D eigenvalue weighted by Crippen LogP contribution is -1.82. The van der Waals surface area contributed by atoms with Crippen molar-refractivity contribution in [2.45, 2.75) is 33.6 Å². The predicted octanol–water partition coefficient (Wildman–Crippen LogP) is 6.50. The van der Waals surface area contributed by atoms with Crippen molar-refractivity contribution < 1.29 is 0 Å². The summed E-state index contributed by atoms with van der Waals surface area (Å²) >= 11 is 0. The lowest BCUT2D eigenvalue weighted by Gasteiger charge is -2.04. The van der Waals surface area contributed by atoms with Gasteiger partial charge in [-0.15, -0.1) is 0 Å². The summed E-state index contributed by atoms with van der Waals surface area (Å²) in [6.07, 6.45) is 2.11. The van der Waals surface area contributed by atoms with E-state index < -0.39 is 0 Å². The lowest BCUT2D eigenvalue weighted by molar-refractivity contribution is 0.869. The number of nitrogens with one attached hydrogen (secondary N) is 1. The van der Waals surface area contributed by atoms with Gasteiger partial charge >= 0.3 is 0 Å². The van der Waals surface area contributed by atoms with Gasteiger partial charge in [0.25, 0.3) is 0 Å². The lowest BCUT2D eigenvalue weighted by atomic mass is 10.0. The smallest absolute Gasteiger partial charge is 0.0457 e. The quantitative estimate of drug-likeness (QED) is 0.567. The Labute approximate surface area is 134 Å². The number of hydrogen-bond acceptors (Lipinski definition) is 0. The number of aromatic nitrogens is 1. The van der Waals surface area contributed by atoms with E-state index in [-0.39, 0.29) is 0 Å². The van der Waals surface area contributed by atoms with E-state index in [9.17, 15) is 0 Å². The molecule has 0 saturated heterocycles. The van der Waals surface area contributed by atoms with Crippen LogP contribution in [0.5, 0.6) is 0 Å². The minimum absolute atomic E-state index is 0.553. The summed E-state index contributed by atoms with van der Waals surface area (Å²) in [5.74, 6) is 0.553. The van der Waals surface area contributed by atoms with Crippen LogP contribution in [0, 0.1) is 0 Å². The van der Waals surface area contributed by atoms with Crippen LogP contribution in [-0.4, -0.2) is 4.98 Å². The van der Waals surface area contributed by atoms with Gasteiger partial charge in [0.1, 0.15) is 0 Å². The van der Waals surface area contributed by atoms with Crippen LogP contribution in [0.1, 0.15) is 39.2 Å². The van der Waals surface area contributed by atoms with E-state index in [1.807, 2.05) is 19.9 Å². The van der Waals surface area contributed by atoms with Crippen LogP contribution < -0.4 is 0 Å². The molecule has 0 fully saturated rings. The molecule has 0 spiro atoms. The van der Waals surface area contributed by atoms with Gasteiger partial charge in [0, 0.05) is 11.9 Å². The molecule has 0 atom stereocenters. The maximum atomic E-state index is 3.38. The Morgan fingerprint density at radius 2 is 1.36 bits per heavy atom. The van der Waals surface area contributed by atoms with E-state index in [1.54, 1.807) is 0 Å². The molecule has 0 aliphatic carbocycles. The molecule has 0 bridgehead atoms. The highest BCUT2D eigenvalue weighted by Crippen LogP contribution is 2.27. The van der Waals surface area contributed by atoms with E-state index in [1.165, 1.54) is 27.9 Å². The van der Waals surface area contributed by atoms with Gasteiger partial charge in [0.15, 0.2) is 0 Å². The van der Waals surface area contributed by atoms with E-state index in [0.29, 0.717) is 5.92 Å². The molecule has 1 heterocycles. The molecule has 3 rings (SSSR count). The van der Waals surface area contributed by atoms with Crippen molar-refractivity contribution in [2.75, 3.05) is 0 Å². The second-order valence-electron chi connectivity index (χ2n) is 5.45. The molecule has 0 aliphatic heterocycles. The van der Waals surface area contributed by atoms with Gasteiger partial charge in [-0.3, -0.25) is 0 Å². The first kappa shape index (κ1) is 16.1. The summed E-state index contributed by atoms with van der Waals surface area (Å²) in [5.41, 5.74) is 6.28. The second kappa shape index (κ2) is 7.65. The zero-order chi connectivity index (χ0) is 15.9. The van der Waals surface area contributed by atoms with Crippen molar-refractivity contribution in [3.8, 4) is 22.4 Å². The summed E-state index contributed by atoms with van der Waals surface area (Å²) in [6, 6.07) is 21.4. The standard InChI is InChI=1S/C19H19N.C2H6/c1-14(2)18-12-19(20-13-18)17-10-6-9-16(11-17)15-7-4-3-5-8-15;1-2/h3-14,20H,1-2H3;1-2H3. The number of hydrogen-bond donors (Lipinski definition) is 1. The Kier molecular flexibility index (Phi) is 5.60. The number of H-pyrrole nitrogens is 1. The molecule has 22 heavy (non-hydrogen) atoms. The highest BCUT2D eigenvalue weighted by molar-refractivity contribution is 5.71. The topological polar surface area (TPSA) is 15.8 Å². The van der Waals surface area contributed by atoms with Crippen LogP contribution in [0.15, 0.2) is 66.9 Å². The van der Waals surface area contributed by atoms with Crippen molar-refractivity contribution in [1.29, 1.82) is 0 Å². The minimum Gasteiger partial charge on any atom is -0.361 e. The number of benzene rings is 2. The Bertz CT molecular complexity index is 693. The molecular weight excluding hydrogens is 266 g/mol. The van der Waals surface area contributed by atoms with E-state index in [0.717, 1.165) is 0 Å². The van der Waals surface area contributed by atoms with Crippen LogP contribution in [0.25, 0.3) is 22.4 Å². The molecule has 1 nitrogen and oxygen atoms in total. The van der Waals surface area contributed by atoms with Gasteiger partial charge in [-0.05, 0) is 40.3 Å². The van der Waals surface area contributed by atoms with Crippen LogP contribution in [0.3, 0.4) is 0 Å². The van der Waals surface area contributed by atoms with E-state index in [4.69, 9.17) is 0 Å². The first-order valence-electron chi connectivity index (χ1n) is 8.08. The molecule has 2 aromatic carbocycles. The van der Waals surface area contributed by atoms with Gasteiger partial charge in [-0.1, -0.05) is 76.2 Å². The van der Waals surface area contributed by atoms with Crippen molar-refractivity contribution >= 4 is 0 Å². The molecule has 0 amide bonds. The minimum atomic E-state index is 0.553. The monoisotopic (exact) mass is 291 g/mol. The summed E-state index contributed by atoms with van der Waals surface area (Å²) in [7, 11) is 0. The summed E-state index contributed by atoms with van der Waals surface area (Å²) < 4.78 is 0. The normalized spacial score (nSPS) is 10.2. The fraction of sp³-hybridized carbons (Fsp3) is 0.238. The van der Waals surface area contributed by atoms with Gasteiger partial charge in [0.2, 0.25) is 0 Å². The van der Waals surface area contributed by atoms with Crippen LogP contribution in [0.2, 0.25) is 0 Å². The van der Waals surface area contributed by atoms with E-state index >= 15 is 0 Å². The molecule has 1 N–H and O–H groups in total. The zero-order valence-corrected chi connectivity index (χ0v) is 13.9. The van der Waals surface area contributed by atoms with Crippen molar-refractivity contribution in [1.82, 2.24) is 4.98 Å². The third-order valence-corrected chi connectivity index (χ3v) is 3.65. The number of aromatic amines is 1. The molecule has 0 aliphatic rings. The van der Waals surface area contributed by atoms with Crippen molar-refractivity contribution in [3.05, 3.63) is 72.4 Å². The molecular formula is C21H25N. The zero-order valence-electron chi connectivity index (χ0n) is 13.9. The maximum Gasteiger partial charge on any atom is 0.0457 e. The van der Waals surface area contributed by atoms with Crippen LogP contribution in [-0.2, 0) is 0 Å². The Balaban J connectivity index is 0.000000847. The van der Waals surface area contributed by atoms with Gasteiger partial charge in [-0.2, -0.15) is 0 Å². The largest absolute Gasteiger partial charge is 0.361 e. The average Bonchev–Trinajstić information content (AvgIpc) is 3.08. The van der Waals surface area contributed by atoms with Gasteiger partial charge < -0.3 is 4.98 Å². The van der Waals surface area contributed by atoms with Gasteiger partial charge in [0.05, 0.1) is 0 Å². The van der Waals surface area contributed by atoms with Crippen LogP contribution in [0.4, 0.5) is 0 Å². The van der Waals surface area contributed by atoms with Crippen molar-refractivity contribution in [2.24, 2.45) is 0 Å². The SMILES string of the molecule is CC.CC(C)c1c[nH]c(-c2cccc(-c3ccccc3)c2)c1. The molecule has 0 unspecified atom stereocenters. The van der Waals surface area contributed by atoms with Gasteiger partial charge in [-0.25, -0.2) is 0 Å². The Morgan fingerprint density at radius 1 is 0.727 bits per heavy atom. The molecule has 3 aromatic rings. The predicted molar refractivity (Wildman–Crippen MR) is 97.1 cm³/mol. The molecule has 114 valence electrons. The molecule has 0 saturated carbocycles. The summed E-state index contributed by atoms with van der Waals surface area (Å²) in [6.45, 7) is 8.43.